The number of carboxylic acids is 1. The molecule has 1 aromatic rings. The van der Waals surface area contributed by atoms with Gasteiger partial charge in [-0.05, 0) is 30.5 Å². The van der Waals surface area contributed by atoms with Gasteiger partial charge >= 0.3 is 5.97 Å². The van der Waals surface area contributed by atoms with E-state index in [1.807, 2.05) is 0 Å². The summed E-state index contributed by atoms with van der Waals surface area (Å²) in [6.45, 7) is 1.13. The maximum absolute atomic E-state index is 12.4. The highest BCUT2D eigenvalue weighted by Gasteiger charge is 2.41. The Balaban J connectivity index is 1.73. The molecule has 3 rings (SSSR count). The van der Waals surface area contributed by atoms with Gasteiger partial charge in [0.25, 0.3) is 0 Å². The number of hydrogen-bond donors (Lipinski definition) is 1. The molecule has 1 N–H and O–H groups in total. The summed E-state index contributed by atoms with van der Waals surface area (Å²) in [4.78, 5) is 38.4. The molecule has 0 saturated carbocycles. The molecule has 0 radical (unpaired) electrons. The van der Waals surface area contributed by atoms with E-state index in [4.69, 9.17) is 5.11 Å². The molecule has 0 aliphatic carbocycles. The molecule has 0 unspecified atom stereocenters. The van der Waals surface area contributed by atoms with E-state index in [2.05, 4.69) is 0 Å². The first kappa shape index (κ1) is 13.6. The van der Waals surface area contributed by atoms with Gasteiger partial charge in [0, 0.05) is 13.1 Å². The molecule has 1 aromatic carbocycles. The molecular weight excluding hydrogens is 272 g/mol. The molecule has 2 fully saturated rings. The molecule has 2 amide bonds. The number of carboxylic acid groups (broad SMARTS) is 1. The maximum Gasteiger partial charge on any atom is 0.335 e. The number of amides is 2. The summed E-state index contributed by atoms with van der Waals surface area (Å²) in [5.74, 6) is -0.985. The predicted octanol–water partition coefficient (Wildman–Crippen LogP) is 0.718. The molecule has 2 heterocycles. The van der Waals surface area contributed by atoms with Crippen molar-refractivity contribution < 1.29 is 19.5 Å². The van der Waals surface area contributed by atoms with E-state index in [1.54, 1.807) is 21.9 Å². The van der Waals surface area contributed by atoms with E-state index in [9.17, 15) is 14.4 Å². The second kappa shape index (κ2) is 5.20. The number of fused-ring (bicyclic) bond motifs is 1. The van der Waals surface area contributed by atoms with Crippen molar-refractivity contribution in [2.45, 2.75) is 25.4 Å². The number of nitrogens with zero attached hydrogens (tertiary/aromatic N) is 2. The molecule has 1 atom stereocenters. The number of hydrogen-bond acceptors (Lipinski definition) is 3. The minimum absolute atomic E-state index is 0.000689. The van der Waals surface area contributed by atoms with Gasteiger partial charge in [-0.1, -0.05) is 12.1 Å². The lowest BCUT2D eigenvalue weighted by Crippen LogP contribution is -2.56. The van der Waals surface area contributed by atoms with Crippen LogP contribution in [0.1, 0.15) is 28.8 Å². The Bertz CT molecular complexity index is 596. The van der Waals surface area contributed by atoms with Gasteiger partial charge in [0.2, 0.25) is 11.8 Å². The molecule has 2 saturated heterocycles. The van der Waals surface area contributed by atoms with Gasteiger partial charge in [-0.2, -0.15) is 0 Å². The Labute approximate surface area is 122 Å². The van der Waals surface area contributed by atoms with Crippen LogP contribution in [0.15, 0.2) is 24.3 Å². The molecule has 110 valence electrons. The van der Waals surface area contributed by atoms with Crippen LogP contribution in [0, 0.1) is 0 Å². The van der Waals surface area contributed by atoms with Crippen LogP contribution in [0.4, 0.5) is 0 Å². The fraction of sp³-hybridized carbons (Fsp3) is 0.400. The molecule has 21 heavy (non-hydrogen) atoms. The summed E-state index contributed by atoms with van der Waals surface area (Å²) in [7, 11) is 0. The first-order valence-corrected chi connectivity index (χ1v) is 6.97. The number of carbonyl (C=O) groups is 3. The summed E-state index contributed by atoms with van der Waals surface area (Å²) in [5.41, 5.74) is 1.04. The van der Waals surface area contributed by atoms with Gasteiger partial charge in [0.1, 0.15) is 12.6 Å². The average molecular weight is 288 g/mol. The summed E-state index contributed by atoms with van der Waals surface area (Å²) in [6.07, 6.45) is 1.61. The van der Waals surface area contributed by atoms with E-state index >= 15 is 0 Å². The van der Waals surface area contributed by atoms with Crippen LogP contribution in [0.2, 0.25) is 0 Å². The standard InChI is InChI=1S/C15H16N2O4/c18-13-9-16(14(19)12-2-1-7-17(12)13)8-10-3-5-11(6-4-10)15(20)21/h3-6,12H,1-2,7-9H2,(H,20,21)/t12-/m1/s1. The Morgan fingerprint density at radius 3 is 2.62 bits per heavy atom. The highest BCUT2D eigenvalue weighted by molar-refractivity contribution is 5.95. The highest BCUT2D eigenvalue weighted by atomic mass is 16.4. The van der Waals surface area contributed by atoms with Crippen molar-refractivity contribution in [3.8, 4) is 0 Å². The summed E-state index contributed by atoms with van der Waals surface area (Å²) in [6, 6.07) is 6.08. The highest BCUT2D eigenvalue weighted by Crippen LogP contribution is 2.24. The van der Waals surface area contributed by atoms with Gasteiger partial charge in [-0.25, -0.2) is 4.79 Å². The zero-order chi connectivity index (χ0) is 15.0. The van der Waals surface area contributed by atoms with E-state index < -0.39 is 5.97 Å². The Hall–Kier alpha value is -2.37. The zero-order valence-corrected chi connectivity index (χ0v) is 11.5. The van der Waals surface area contributed by atoms with Crippen molar-refractivity contribution in [1.29, 1.82) is 0 Å². The SMILES string of the molecule is O=C(O)c1ccc(CN2CC(=O)N3CCC[C@@H]3C2=O)cc1. The minimum Gasteiger partial charge on any atom is -0.478 e. The zero-order valence-electron chi connectivity index (χ0n) is 11.5. The van der Waals surface area contributed by atoms with Gasteiger partial charge in [0.05, 0.1) is 5.56 Å². The van der Waals surface area contributed by atoms with Gasteiger partial charge in [0.15, 0.2) is 0 Å². The van der Waals surface area contributed by atoms with E-state index in [0.717, 1.165) is 18.4 Å². The van der Waals surface area contributed by atoms with Crippen molar-refractivity contribution >= 4 is 17.8 Å². The Kier molecular flexibility index (Phi) is 3.37. The van der Waals surface area contributed by atoms with Gasteiger partial charge < -0.3 is 14.9 Å². The third-order valence-electron chi connectivity index (χ3n) is 4.07. The average Bonchev–Trinajstić information content (AvgIpc) is 2.95. The molecule has 0 aromatic heterocycles. The fourth-order valence-electron chi connectivity index (χ4n) is 2.97. The quantitative estimate of drug-likeness (QED) is 0.889. The van der Waals surface area contributed by atoms with Crippen molar-refractivity contribution in [3.63, 3.8) is 0 Å². The summed E-state index contributed by atoms with van der Waals surface area (Å²) in [5, 5.41) is 8.86. The molecular formula is C15H16N2O4. The second-order valence-corrected chi connectivity index (χ2v) is 5.44. The molecule has 2 aliphatic heterocycles. The van der Waals surface area contributed by atoms with Crippen molar-refractivity contribution in [3.05, 3.63) is 35.4 Å². The van der Waals surface area contributed by atoms with Crippen molar-refractivity contribution in [2.24, 2.45) is 0 Å². The number of aromatic carboxylic acids is 1. The first-order chi connectivity index (χ1) is 10.1. The predicted molar refractivity (Wildman–Crippen MR) is 73.6 cm³/mol. The topological polar surface area (TPSA) is 77.9 Å². The molecule has 0 spiro atoms. The van der Waals surface area contributed by atoms with E-state index in [-0.39, 0.29) is 30.0 Å². The summed E-state index contributed by atoms with van der Waals surface area (Å²) >= 11 is 0. The lowest BCUT2D eigenvalue weighted by atomic mass is 10.1. The monoisotopic (exact) mass is 288 g/mol. The summed E-state index contributed by atoms with van der Waals surface area (Å²) < 4.78 is 0. The minimum atomic E-state index is -0.979. The third-order valence-corrected chi connectivity index (χ3v) is 4.07. The van der Waals surface area contributed by atoms with E-state index in [0.29, 0.717) is 13.1 Å². The number of piperazine rings is 1. The lowest BCUT2D eigenvalue weighted by molar-refractivity contribution is -0.154. The Morgan fingerprint density at radius 1 is 1.24 bits per heavy atom. The van der Waals surface area contributed by atoms with Crippen LogP contribution in [-0.4, -0.2) is 51.8 Å². The number of rotatable bonds is 3. The fourth-order valence-corrected chi connectivity index (χ4v) is 2.97. The third kappa shape index (κ3) is 2.49. The normalized spacial score (nSPS) is 21.6. The second-order valence-electron chi connectivity index (χ2n) is 5.44. The van der Waals surface area contributed by atoms with Crippen molar-refractivity contribution in [2.75, 3.05) is 13.1 Å². The largest absolute Gasteiger partial charge is 0.478 e. The molecule has 6 nitrogen and oxygen atoms in total. The van der Waals surface area contributed by atoms with Crippen LogP contribution in [0.3, 0.4) is 0 Å². The number of carbonyl (C=O) groups excluding carboxylic acids is 2. The van der Waals surface area contributed by atoms with Crippen LogP contribution < -0.4 is 0 Å². The van der Waals surface area contributed by atoms with E-state index in [1.165, 1.54) is 12.1 Å². The van der Waals surface area contributed by atoms with Crippen LogP contribution in [0.25, 0.3) is 0 Å². The van der Waals surface area contributed by atoms with Crippen molar-refractivity contribution in [1.82, 2.24) is 9.80 Å². The number of benzene rings is 1. The Morgan fingerprint density at radius 2 is 1.95 bits per heavy atom. The van der Waals surface area contributed by atoms with Gasteiger partial charge in [-0.15, -0.1) is 0 Å². The van der Waals surface area contributed by atoms with Gasteiger partial charge in [-0.3, -0.25) is 9.59 Å². The van der Waals surface area contributed by atoms with Crippen LogP contribution in [-0.2, 0) is 16.1 Å². The van der Waals surface area contributed by atoms with Crippen LogP contribution >= 0.6 is 0 Å². The molecule has 2 aliphatic rings. The molecule has 0 bridgehead atoms. The maximum atomic E-state index is 12.4. The first-order valence-electron chi connectivity index (χ1n) is 6.97. The smallest absolute Gasteiger partial charge is 0.335 e. The molecule has 6 heteroatoms. The van der Waals surface area contributed by atoms with Crippen LogP contribution in [0.5, 0.6) is 0 Å². The lowest BCUT2D eigenvalue weighted by Gasteiger charge is -2.36.